The summed E-state index contributed by atoms with van der Waals surface area (Å²) in [4.78, 5) is 2.41. The molecule has 3 nitrogen and oxygen atoms in total. The summed E-state index contributed by atoms with van der Waals surface area (Å²) in [5, 5.41) is 0.648. The molecule has 0 radical (unpaired) electrons. The van der Waals surface area contributed by atoms with Crippen molar-refractivity contribution in [3.05, 3.63) is 28.8 Å². The normalized spacial score (nSPS) is 21.6. The van der Waals surface area contributed by atoms with Crippen LogP contribution in [-0.2, 0) is 0 Å². The summed E-state index contributed by atoms with van der Waals surface area (Å²) >= 11 is 6.21. The van der Waals surface area contributed by atoms with Crippen molar-refractivity contribution in [3.8, 4) is 5.75 Å². The minimum absolute atomic E-state index is 0.00121. The Bertz CT molecular complexity index is 423. The maximum atomic E-state index is 6.21. The predicted molar refractivity (Wildman–Crippen MR) is 79.8 cm³/mol. The van der Waals surface area contributed by atoms with Crippen LogP contribution in [0.1, 0.15) is 37.8 Å². The Hall–Kier alpha value is -0.770. The van der Waals surface area contributed by atoms with Crippen LogP contribution in [-0.4, -0.2) is 31.1 Å². The molecule has 1 heterocycles. The van der Waals surface area contributed by atoms with Gasteiger partial charge < -0.3 is 15.4 Å². The van der Waals surface area contributed by atoms with Gasteiger partial charge >= 0.3 is 0 Å². The topological polar surface area (TPSA) is 38.5 Å². The molecule has 0 saturated carbocycles. The van der Waals surface area contributed by atoms with E-state index in [0.717, 1.165) is 17.7 Å². The van der Waals surface area contributed by atoms with E-state index in [1.54, 1.807) is 0 Å². The molecule has 2 N–H and O–H groups in total. The fourth-order valence-corrected chi connectivity index (χ4v) is 2.81. The summed E-state index contributed by atoms with van der Waals surface area (Å²) in [7, 11) is 2.18. The minimum atomic E-state index is -0.00121. The van der Waals surface area contributed by atoms with Crippen molar-refractivity contribution in [3.63, 3.8) is 0 Å². The van der Waals surface area contributed by atoms with Crippen molar-refractivity contribution in [1.29, 1.82) is 0 Å². The Morgan fingerprint density at radius 2 is 2.32 bits per heavy atom. The molecule has 2 atom stereocenters. The molecule has 1 aliphatic rings. The lowest BCUT2D eigenvalue weighted by molar-refractivity contribution is 0.233. The number of rotatable bonds is 5. The van der Waals surface area contributed by atoms with Crippen LogP contribution >= 0.6 is 11.6 Å². The van der Waals surface area contributed by atoms with Gasteiger partial charge in [0, 0.05) is 12.1 Å². The van der Waals surface area contributed by atoms with Gasteiger partial charge in [-0.2, -0.15) is 0 Å². The van der Waals surface area contributed by atoms with Crippen LogP contribution in [0.15, 0.2) is 18.2 Å². The van der Waals surface area contributed by atoms with Crippen molar-refractivity contribution in [2.75, 3.05) is 20.2 Å². The molecule has 1 aromatic carbocycles. The third-order valence-electron chi connectivity index (χ3n) is 3.86. The molecular formula is C15H23ClN2O. The van der Waals surface area contributed by atoms with Gasteiger partial charge in [-0.3, -0.25) is 0 Å². The SMILES string of the molecule is C[C@@H](N)c1ccc(OCCC2CCCN2C)c(Cl)c1. The highest BCUT2D eigenvalue weighted by Gasteiger charge is 2.20. The molecule has 0 spiro atoms. The third kappa shape index (κ3) is 3.85. The van der Waals surface area contributed by atoms with E-state index in [4.69, 9.17) is 22.1 Å². The van der Waals surface area contributed by atoms with Gasteiger partial charge in [0.05, 0.1) is 11.6 Å². The molecule has 0 aromatic heterocycles. The predicted octanol–water partition coefficient (Wildman–Crippen LogP) is 3.22. The van der Waals surface area contributed by atoms with E-state index in [2.05, 4.69) is 11.9 Å². The van der Waals surface area contributed by atoms with Crippen LogP contribution in [0.5, 0.6) is 5.75 Å². The molecule has 4 heteroatoms. The largest absolute Gasteiger partial charge is 0.492 e. The summed E-state index contributed by atoms with van der Waals surface area (Å²) in [5.41, 5.74) is 6.86. The maximum Gasteiger partial charge on any atom is 0.137 e. The first-order valence-electron chi connectivity index (χ1n) is 6.96. The van der Waals surface area contributed by atoms with E-state index >= 15 is 0 Å². The minimum Gasteiger partial charge on any atom is -0.492 e. The van der Waals surface area contributed by atoms with Gasteiger partial charge in [0.2, 0.25) is 0 Å². The lowest BCUT2D eigenvalue weighted by atomic mass is 10.1. The van der Waals surface area contributed by atoms with Crippen molar-refractivity contribution in [1.82, 2.24) is 4.90 Å². The first-order valence-corrected chi connectivity index (χ1v) is 7.34. The lowest BCUT2D eigenvalue weighted by Gasteiger charge is -2.19. The highest BCUT2D eigenvalue weighted by atomic mass is 35.5. The Kier molecular flexibility index (Phi) is 5.08. The summed E-state index contributed by atoms with van der Waals surface area (Å²) < 4.78 is 5.78. The molecule has 1 aliphatic heterocycles. The molecule has 2 rings (SSSR count). The van der Waals surface area contributed by atoms with Gasteiger partial charge in [-0.05, 0) is 57.5 Å². The van der Waals surface area contributed by atoms with E-state index in [1.807, 2.05) is 25.1 Å². The van der Waals surface area contributed by atoms with Crippen LogP contribution in [0.2, 0.25) is 5.02 Å². The second-order valence-corrected chi connectivity index (χ2v) is 5.80. The van der Waals surface area contributed by atoms with Crippen molar-refractivity contribution in [2.24, 2.45) is 5.73 Å². The molecule has 106 valence electrons. The van der Waals surface area contributed by atoms with Crippen LogP contribution in [0.25, 0.3) is 0 Å². The third-order valence-corrected chi connectivity index (χ3v) is 4.16. The zero-order chi connectivity index (χ0) is 13.8. The number of hydrogen-bond donors (Lipinski definition) is 1. The number of likely N-dealkylation sites (tertiary alicyclic amines) is 1. The quantitative estimate of drug-likeness (QED) is 0.901. The number of halogens is 1. The van der Waals surface area contributed by atoms with Crippen LogP contribution < -0.4 is 10.5 Å². The van der Waals surface area contributed by atoms with Gasteiger partial charge in [-0.15, -0.1) is 0 Å². The molecule has 1 saturated heterocycles. The standard InChI is InChI=1S/C15H23ClN2O/c1-11(17)12-5-6-15(14(16)10-12)19-9-7-13-4-3-8-18(13)2/h5-6,10-11,13H,3-4,7-9,17H2,1-2H3/t11-,13?/m1/s1. The first-order chi connectivity index (χ1) is 9.08. The second kappa shape index (κ2) is 6.60. The zero-order valence-electron chi connectivity index (χ0n) is 11.7. The van der Waals surface area contributed by atoms with E-state index in [9.17, 15) is 0 Å². The van der Waals surface area contributed by atoms with Crippen molar-refractivity contribution < 1.29 is 4.74 Å². The van der Waals surface area contributed by atoms with Gasteiger partial charge in [0.15, 0.2) is 0 Å². The molecule has 0 bridgehead atoms. The van der Waals surface area contributed by atoms with E-state index in [-0.39, 0.29) is 6.04 Å². The zero-order valence-corrected chi connectivity index (χ0v) is 12.5. The van der Waals surface area contributed by atoms with Gasteiger partial charge in [0.1, 0.15) is 5.75 Å². The van der Waals surface area contributed by atoms with Crippen LogP contribution in [0.4, 0.5) is 0 Å². The summed E-state index contributed by atoms with van der Waals surface area (Å²) in [6, 6.07) is 6.44. The van der Waals surface area contributed by atoms with E-state index in [1.165, 1.54) is 19.4 Å². The van der Waals surface area contributed by atoms with E-state index in [0.29, 0.717) is 17.7 Å². The lowest BCUT2D eigenvalue weighted by Crippen LogP contribution is -2.26. The number of hydrogen-bond acceptors (Lipinski definition) is 3. The Labute approximate surface area is 120 Å². The van der Waals surface area contributed by atoms with Crippen molar-refractivity contribution >= 4 is 11.6 Å². The van der Waals surface area contributed by atoms with Gasteiger partial charge in [0.25, 0.3) is 0 Å². The smallest absolute Gasteiger partial charge is 0.137 e. The summed E-state index contributed by atoms with van der Waals surface area (Å²) in [6.07, 6.45) is 3.63. The molecule has 19 heavy (non-hydrogen) atoms. The molecular weight excluding hydrogens is 260 g/mol. The molecule has 1 fully saturated rings. The monoisotopic (exact) mass is 282 g/mol. The Balaban J connectivity index is 1.86. The fourth-order valence-electron chi connectivity index (χ4n) is 2.57. The molecule has 1 unspecified atom stereocenters. The maximum absolute atomic E-state index is 6.21. The highest BCUT2D eigenvalue weighted by molar-refractivity contribution is 6.32. The van der Waals surface area contributed by atoms with Crippen LogP contribution in [0, 0.1) is 0 Å². The number of benzene rings is 1. The number of ether oxygens (including phenoxy) is 1. The molecule has 0 aliphatic carbocycles. The van der Waals surface area contributed by atoms with Crippen LogP contribution in [0.3, 0.4) is 0 Å². The van der Waals surface area contributed by atoms with E-state index < -0.39 is 0 Å². The summed E-state index contributed by atoms with van der Waals surface area (Å²) in [5.74, 6) is 0.756. The Morgan fingerprint density at radius 1 is 1.53 bits per heavy atom. The molecule has 0 amide bonds. The highest BCUT2D eigenvalue weighted by Crippen LogP contribution is 2.28. The second-order valence-electron chi connectivity index (χ2n) is 5.39. The van der Waals surface area contributed by atoms with Gasteiger partial charge in [-0.25, -0.2) is 0 Å². The fraction of sp³-hybridized carbons (Fsp3) is 0.600. The van der Waals surface area contributed by atoms with Crippen molar-refractivity contribution in [2.45, 2.75) is 38.3 Å². The summed E-state index contributed by atoms with van der Waals surface area (Å²) in [6.45, 7) is 3.86. The average molecular weight is 283 g/mol. The average Bonchev–Trinajstić information content (AvgIpc) is 2.77. The number of nitrogens with zero attached hydrogens (tertiary/aromatic N) is 1. The Morgan fingerprint density at radius 3 is 2.89 bits per heavy atom. The first kappa shape index (κ1) is 14.6. The van der Waals surface area contributed by atoms with Gasteiger partial charge in [-0.1, -0.05) is 17.7 Å². The molecule has 1 aromatic rings. The number of nitrogens with two attached hydrogens (primary N) is 1.